The highest BCUT2D eigenvalue weighted by atomic mass is 16.7. The maximum atomic E-state index is 12.3. The number of hydrogen-bond acceptors (Lipinski definition) is 6. The first-order chi connectivity index (χ1) is 12.1. The van der Waals surface area contributed by atoms with E-state index in [0.29, 0.717) is 28.4 Å². The van der Waals surface area contributed by atoms with Gasteiger partial charge < -0.3 is 24.1 Å². The van der Waals surface area contributed by atoms with Crippen molar-refractivity contribution in [1.82, 2.24) is 0 Å². The lowest BCUT2D eigenvalue weighted by Gasteiger charge is -2.10. The summed E-state index contributed by atoms with van der Waals surface area (Å²) in [4.78, 5) is 12.3. The molecule has 2 aromatic rings. The third-order valence-corrected chi connectivity index (χ3v) is 4.44. The average Bonchev–Trinajstić information content (AvgIpc) is 3.21. The van der Waals surface area contributed by atoms with Crippen molar-refractivity contribution in [2.45, 2.75) is 6.10 Å². The van der Waals surface area contributed by atoms with Gasteiger partial charge in [0.15, 0.2) is 11.5 Å². The lowest BCUT2D eigenvalue weighted by atomic mass is 9.97. The number of esters is 1. The van der Waals surface area contributed by atoms with Crippen LogP contribution < -0.4 is 14.2 Å². The quantitative estimate of drug-likeness (QED) is 0.865. The van der Waals surface area contributed by atoms with Crippen LogP contribution >= 0.6 is 0 Å². The van der Waals surface area contributed by atoms with E-state index in [2.05, 4.69) is 0 Å². The SMILES string of the molecule is COC(=O)C1=C(c2ccc(OC)cc2)c2cc3c(cc2C1O)OCO3. The van der Waals surface area contributed by atoms with E-state index in [1.54, 1.807) is 31.4 Å². The summed E-state index contributed by atoms with van der Waals surface area (Å²) in [6.07, 6.45) is -1.09. The Morgan fingerprint density at radius 1 is 1.12 bits per heavy atom. The molecule has 4 rings (SSSR count). The summed E-state index contributed by atoms with van der Waals surface area (Å²) in [6.45, 7) is 0.139. The fourth-order valence-electron chi connectivity index (χ4n) is 3.23. The molecular weight excluding hydrogens is 324 g/mol. The molecular formula is C19H16O6. The van der Waals surface area contributed by atoms with Crippen LogP contribution in [0.2, 0.25) is 0 Å². The predicted molar refractivity (Wildman–Crippen MR) is 88.6 cm³/mol. The van der Waals surface area contributed by atoms with Crippen LogP contribution in [0.5, 0.6) is 17.2 Å². The molecule has 1 aliphatic heterocycles. The molecule has 0 fully saturated rings. The molecule has 0 saturated carbocycles. The molecule has 0 saturated heterocycles. The third-order valence-electron chi connectivity index (χ3n) is 4.44. The molecule has 0 radical (unpaired) electrons. The highest BCUT2D eigenvalue weighted by Gasteiger charge is 2.37. The maximum Gasteiger partial charge on any atom is 0.337 e. The van der Waals surface area contributed by atoms with Crippen LogP contribution in [0.3, 0.4) is 0 Å². The van der Waals surface area contributed by atoms with Crippen LogP contribution in [-0.4, -0.2) is 32.1 Å². The van der Waals surface area contributed by atoms with Crippen molar-refractivity contribution in [1.29, 1.82) is 0 Å². The van der Waals surface area contributed by atoms with Gasteiger partial charge in [-0.3, -0.25) is 0 Å². The molecule has 6 nitrogen and oxygen atoms in total. The van der Waals surface area contributed by atoms with E-state index in [0.717, 1.165) is 11.1 Å². The lowest BCUT2D eigenvalue weighted by Crippen LogP contribution is -2.11. The first-order valence-electron chi connectivity index (χ1n) is 7.73. The van der Waals surface area contributed by atoms with Crippen LogP contribution in [-0.2, 0) is 9.53 Å². The molecule has 1 atom stereocenters. The van der Waals surface area contributed by atoms with Gasteiger partial charge in [-0.05, 0) is 41.0 Å². The molecule has 2 aliphatic rings. The normalized spacial score (nSPS) is 17.5. The average molecular weight is 340 g/mol. The third kappa shape index (κ3) is 2.34. The molecule has 128 valence electrons. The Bertz CT molecular complexity index is 882. The fraction of sp³-hybridized carbons (Fsp3) is 0.211. The van der Waals surface area contributed by atoms with Crippen LogP contribution in [0.15, 0.2) is 42.0 Å². The summed E-state index contributed by atoms with van der Waals surface area (Å²) in [6, 6.07) is 10.8. The number of rotatable bonds is 3. The zero-order valence-electron chi connectivity index (χ0n) is 13.7. The summed E-state index contributed by atoms with van der Waals surface area (Å²) >= 11 is 0. The Hall–Kier alpha value is -2.99. The Balaban J connectivity index is 1.93. The Labute approximate surface area is 144 Å². The number of benzene rings is 2. The number of fused-ring (bicyclic) bond motifs is 2. The highest BCUT2D eigenvalue weighted by molar-refractivity contribution is 6.06. The lowest BCUT2D eigenvalue weighted by molar-refractivity contribution is -0.137. The van der Waals surface area contributed by atoms with Crippen molar-refractivity contribution in [3.63, 3.8) is 0 Å². The van der Waals surface area contributed by atoms with E-state index < -0.39 is 12.1 Å². The fourth-order valence-corrected chi connectivity index (χ4v) is 3.23. The zero-order valence-corrected chi connectivity index (χ0v) is 13.7. The van der Waals surface area contributed by atoms with Crippen LogP contribution in [0.4, 0.5) is 0 Å². The minimum atomic E-state index is -1.09. The molecule has 2 aromatic carbocycles. The summed E-state index contributed by atoms with van der Waals surface area (Å²) in [7, 11) is 2.88. The molecule has 0 spiro atoms. The van der Waals surface area contributed by atoms with E-state index in [-0.39, 0.29) is 12.4 Å². The Kier molecular flexibility index (Phi) is 3.62. The number of methoxy groups -OCH3 is 2. The smallest absolute Gasteiger partial charge is 0.337 e. The molecule has 6 heteroatoms. The second-order valence-corrected chi connectivity index (χ2v) is 5.70. The number of carbonyl (C=O) groups excluding carboxylic acids is 1. The van der Waals surface area contributed by atoms with E-state index in [1.807, 2.05) is 12.1 Å². The van der Waals surface area contributed by atoms with Crippen molar-refractivity contribution >= 4 is 11.5 Å². The topological polar surface area (TPSA) is 74.2 Å². The standard InChI is InChI=1S/C19H16O6/c1-22-11-5-3-10(4-6-11)16-12-7-14-15(25-9-24-14)8-13(12)18(20)17(16)19(21)23-2/h3-8,18,20H,9H2,1-2H3. The van der Waals surface area contributed by atoms with E-state index in [1.165, 1.54) is 7.11 Å². The van der Waals surface area contributed by atoms with Gasteiger partial charge in [0.05, 0.1) is 19.8 Å². The van der Waals surface area contributed by atoms with Crippen molar-refractivity contribution in [2.75, 3.05) is 21.0 Å². The van der Waals surface area contributed by atoms with Crippen molar-refractivity contribution in [2.24, 2.45) is 0 Å². The molecule has 25 heavy (non-hydrogen) atoms. The van der Waals surface area contributed by atoms with E-state index in [4.69, 9.17) is 18.9 Å². The van der Waals surface area contributed by atoms with Crippen molar-refractivity contribution in [3.05, 3.63) is 58.7 Å². The molecule has 0 bridgehead atoms. The van der Waals surface area contributed by atoms with Crippen LogP contribution in [0, 0.1) is 0 Å². The summed E-state index contributed by atoms with van der Waals surface area (Å²) in [5.74, 6) is 1.27. The summed E-state index contributed by atoms with van der Waals surface area (Å²) < 4.78 is 20.9. The van der Waals surface area contributed by atoms with Crippen molar-refractivity contribution in [3.8, 4) is 17.2 Å². The number of carbonyl (C=O) groups is 1. The van der Waals surface area contributed by atoms with Gasteiger partial charge >= 0.3 is 5.97 Å². The minimum Gasteiger partial charge on any atom is -0.497 e. The maximum absolute atomic E-state index is 12.3. The van der Waals surface area contributed by atoms with Gasteiger partial charge in [-0.15, -0.1) is 0 Å². The van der Waals surface area contributed by atoms with Gasteiger partial charge in [0.2, 0.25) is 6.79 Å². The molecule has 1 unspecified atom stereocenters. The second-order valence-electron chi connectivity index (χ2n) is 5.70. The first-order valence-corrected chi connectivity index (χ1v) is 7.73. The number of aliphatic hydroxyl groups excluding tert-OH is 1. The highest BCUT2D eigenvalue weighted by Crippen LogP contribution is 2.49. The van der Waals surface area contributed by atoms with Gasteiger partial charge in [-0.25, -0.2) is 4.79 Å². The summed E-state index contributed by atoms with van der Waals surface area (Å²) in [5, 5.41) is 10.7. The second kappa shape index (κ2) is 5.82. The van der Waals surface area contributed by atoms with E-state index >= 15 is 0 Å². The summed E-state index contributed by atoms with van der Waals surface area (Å²) in [5.41, 5.74) is 2.91. The number of ether oxygens (including phenoxy) is 4. The zero-order chi connectivity index (χ0) is 17.6. The predicted octanol–water partition coefficient (Wildman–Crippen LogP) is 2.45. The molecule has 0 aromatic heterocycles. The molecule has 1 heterocycles. The molecule has 0 amide bonds. The number of aliphatic hydroxyl groups is 1. The van der Waals surface area contributed by atoms with Gasteiger partial charge in [0.25, 0.3) is 0 Å². The van der Waals surface area contributed by atoms with Gasteiger partial charge in [-0.2, -0.15) is 0 Å². The van der Waals surface area contributed by atoms with Gasteiger partial charge in [0.1, 0.15) is 11.9 Å². The van der Waals surface area contributed by atoms with E-state index in [9.17, 15) is 9.90 Å². The Morgan fingerprint density at radius 3 is 2.44 bits per heavy atom. The Morgan fingerprint density at radius 2 is 1.80 bits per heavy atom. The molecule has 1 aliphatic carbocycles. The van der Waals surface area contributed by atoms with Crippen molar-refractivity contribution < 1.29 is 28.8 Å². The largest absolute Gasteiger partial charge is 0.497 e. The van der Waals surface area contributed by atoms with Gasteiger partial charge in [0, 0.05) is 5.57 Å². The molecule has 1 N–H and O–H groups in total. The number of hydrogen-bond donors (Lipinski definition) is 1. The minimum absolute atomic E-state index is 0.139. The van der Waals surface area contributed by atoms with Crippen LogP contribution in [0.25, 0.3) is 5.57 Å². The van der Waals surface area contributed by atoms with Gasteiger partial charge in [-0.1, -0.05) is 12.1 Å². The first kappa shape index (κ1) is 15.5. The van der Waals surface area contributed by atoms with Crippen LogP contribution in [0.1, 0.15) is 22.8 Å². The monoisotopic (exact) mass is 340 g/mol.